The van der Waals surface area contributed by atoms with Gasteiger partial charge in [-0.1, -0.05) is 6.07 Å². The zero-order chi connectivity index (χ0) is 22.2. The number of anilines is 2. The van der Waals surface area contributed by atoms with Crippen molar-refractivity contribution in [3.8, 4) is 0 Å². The maximum Gasteiger partial charge on any atom is 0.319 e. The van der Waals surface area contributed by atoms with Gasteiger partial charge in [0, 0.05) is 24.5 Å². The van der Waals surface area contributed by atoms with Crippen LogP contribution in [-0.2, 0) is 0 Å². The predicted octanol–water partition coefficient (Wildman–Crippen LogP) is 2.92. The standard InChI is InChI=1S/C23H38N6O2/c1-17-4-5-20(26-22(30)24-15-18-6-10-28(2)11-7-18)14-21(17)27-23(31)25-16-19-8-12-29(3)13-9-19/h4-5,14,18-19H,6-13,15-16H2,1-3H3,(H2,24,26,30)(H2,25,27,31). The summed E-state index contributed by atoms with van der Waals surface area (Å²) in [5, 5.41) is 11.8. The number of piperidine rings is 2. The molecule has 2 fully saturated rings. The lowest BCUT2D eigenvalue weighted by molar-refractivity contribution is 0.213. The van der Waals surface area contributed by atoms with Crippen LogP contribution in [0.1, 0.15) is 31.2 Å². The Morgan fingerprint density at radius 1 is 0.839 bits per heavy atom. The molecule has 3 rings (SSSR count). The Balaban J connectivity index is 1.43. The van der Waals surface area contributed by atoms with Crippen molar-refractivity contribution < 1.29 is 9.59 Å². The molecular formula is C23H38N6O2. The van der Waals surface area contributed by atoms with Gasteiger partial charge in [0.15, 0.2) is 0 Å². The molecule has 8 nitrogen and oxygen atoms in total. The number of amides is 4. The van der Waals surface area contributed by atoms with Crippen molar-refractivity contribution in [3.05, 3.63) is 23.8 Å². The molecule has 0 unspecified atom stereocenters. The molecule has 1 aromatic carbocycles. The van der Waals surface area contributed by atoms with Crippen LogP contribution in [0.15, 0.2) is 18.2 Å². The lowest BCUT2D eigenvalue weighted by Gasteiger charge is -2.29. The maximum atomic E-state index is 12.4. The molecule has 4 amide bonds. The van der Waals surface area contributed by atoms with E-state index in [0.29, 0.717) is 36.3 Å². The molecule has 0 bridgehead atoms. The van der Waals surface area contributed by atoms with E-state index in [2.05, 4.69) is 45.2 Å². The molecule has 2 heterocycles. The summed E-state index contributed by atoms with van der Waals surface area (Å²) < 4.78 is 0. The van der Waals surface area contributed by atoms with Crippen molar-refractivity contribution in [2.45, 2.75) is 32.6 Å². The van der Waals surface area contributed by atoms with Crippen molar-refractivity contribution in [2.24, 2.45) is 11.8 Å². The van der Waals surface area contributed by atoms with Crippen LogP contribution >= 0.6 is 0 Å². The van der Waals surface area contributed by atoms with Crippen LogP contribution in [0.3, 0.4) is 0 Å². The van der Waals surface area contributed by atoms with Gasteiger partial charge in [-0.2, -0.15) is 0 Å². The van der Waals surface area contributed by atoms with Crippen LogP contribution in [0.25, 0.3) is 0 Å². The topological polar surface area (TPSA) is 88.7 Å². The SMILES string of the molecule is Cc1ccc(NC(=O)NCC2CCN(C)CC2)cc1NC(=O)NCC1CCN(C)CC1. The zero-order valence-corrected chi connectivity index (χ0v) is 19.2. The Hall–Kier alpha value is -2.32. The second-order valence-electron chi connectivity index (χ2n) is 9.19. The predicted molar refractivity (Wildman–Crippen MR) is 126 cm³/mol. The summed E-state index contributed by atoms with van der Waals surface area (Å²) in [4.78, 5) is 29.3. The molecule has 2 saturated heterocycles. The lowest BCUT2D eigenvalue weighted by atomic mass is 9.97. The molecule has 4 N–H and O–H groups in total. The summed E-state index contributed by atoms with van der Waals surface area (Å²) in [5.41, 5.74) is 2.32. The quantitative estimate of drug-likeness (QED) is 0.559. The van der Waals surface area contributed by atoms with Gasteiger partial charge >= 0.3 is 12.1 Å². The molecule has 31 heavy (non-hydrogen) atoms. The highest BCUT2D eigenvalue weighted by Crippen LogP contribution is 2.21. The third-order valence-electron chi connectivity index (χ3n) is 6.52. The third-order valence-corrected chi connectivity index (χ3v) is 6.52. The fraction of sp³-hybridized carbons (Fsp3) is 0.652. The minimum Gasteiger partial charge on any atom is -0.338 e. The number of aryl methyl sites for hydroxylation is 1. The molecular weight excluding hydrogens is 392 g/mol. The first-order valence-electron chi connectivity index (χ1n) is 11.5. The van der Waals surface area contributed by atoms with Gasteiger partial charge in [-0.15, -0.1) is 0 Å². The third kappa shape index (κ3) is 7.70. The largest absolute Gasteiger partial charge is 0.338 e. The van der Waals surface area contributed by atoms with Crippen molar-refractivity contribution in [1.29, 1.82) is 0 Å². The first-order chi connectivity index (χ1) is 14.9. The van der Waals surface area contributed by atoms with E-state index in [4.69, 9.17) is 0 Å². The highest BCUT2D eigenvalue weighted by molar-refractivity contribution is 5.93. The highest BCUT2D eigenvalue weighted by atomic mass is 16.2. The number of likely N-dealkylation sites (tertiary alicyclic amines) is 2. The zero-order valence-electron chi connectivity index (χ0n) is 19.2. The molecule has 2 aliphatic heterocycles. The van der Waals surface area contributed by atoms with Crippen LogP contribution in [-0.4, -0.2) is 75.2 Å². The van der Waals surface area contributed by atoms with E-state index in [9.17, 15) is 9.59 Å². The van der Waals surface area contributed by atoms with Gasteiger partial charge < -0.3 is 31.1 Å². The molecule has 172 valence electrons. The normalized spacial score (nSPS) is 19.1. The number of urea groups is 2. The summed E-state index contributed by atoms with van der Waals surface area (Å²) in [6.07, 6.45) is 4.45. The fourth-order valence-electron chi connectivity index (χ4n) is 4.18. The van der Waals surface area contributed by atoms with Crippen LogP contribution in [0.4, 0.5) is 21.0 Å². The summed E-state index contributed by atoms with van der Waals surface area (Å²) >= 11 is 0. The second-order valence-corrected chi connectivity index (χ2v) is 9.19. The molecule has 8 heteroatoms. The van der Waals surface area contributed by atoms with E-state index < -0.39 is 0 Å². The Labute approximate surface area is 186 Å². The Morgan fingerprint density at radius 2 is 1.32 bits per heavy atom. The first kappa shape index (κ1) is 23.3. The molecule has 0 aromatic heterocycles. The average Bonchev–Trinajstić information content (AvgIpc) is 2.75. The number of nitrogens with one attached hydrogen (secondary N) is 4. The number of carbonyl (C=O) groups is 2. The summed E-state index contributed by atoms with van der Waals surface area (Å²) in [6, 6.07) is 5.15. The summed E-state index contributed by atoms with van der Waals surface area (Å²) in [5.74, 6) is 1.06. The minimum absolute atomic E-state index is 0.203. The maximum absolute atomic E-state index is 12.4. The van der Waals surface area contributed by atoms with Crippen LogP contribution in [0, 0.1) is 18.8 Å². The van der Waals surface area contributed by atoms with E-state index in [0.717, 1.165) is 57.4 Å². The van der Waals surface area contributed by atoms with E-state index in [1.54, 1.807) is 6.07 Å². The summed E-state index contributed by atoms with van der Waals surface area (Å²) in [7, 11) is 4.27. The van der Waals surface area contributed by atoms with Crippen molar-refractivity contribution in [2.75, 3.05) is 64.0 Å². The molecule has 1 aromatic rings. The van der Waals surface area contributed by atoms with E-state index in [1.165, 1.54) is 0 Å². The van der Waals surface area contributed by atoms with Crippen LogP contribution in [0.5, 0.6) is 0 Å². The van der Waals surface area contributed by atoms with Gasteiger partial charge in [0.05, 0.1) is 0 Å². The second kappa shape index (κ2) is 11.3. The first-order valence-corrected chi connectivity index (χ1v) is 11.5. The van der Waals surface area contributed by atoms with E-state index >= 15 is 0 Å². The van der Waals surface area contributed by atoms with E-state index in [-0.39, 0.29) is 12.1 Å². The van der Waals surface area contributed by atoms with Gasteiger partial charge in [-0.25, -0.2) is 9.59 Å². The van der Waals surface area contributed by atoms with Gasteiger partial charge in [-0.05, 0) is 102 Å². The molecule has 0 atom stereocenters. The minimum atomic E-state index is -0.208. The van der Waals surface area contributed by atoms with Crippen molar-refractivity contribution in [3.63, 3.8) is 0 Å². The number of benzene rings is 1. The smallest absolute Gasteiger partial charge is 0.319 e. The number of hydrogen-bond donors (Lipinski definition) is 4. The van der Waals surface area contributed by atoms with Gasteiger partial charge in [-0.3, -0.25) is 0 Å². The van der Waals surface area contributed by atoms with Crippen LogP contribution < -0.4 is 21.3 Å². The summed E-state index contributed by atoms with van der Waals surface area (Å²) in [6.45, 7) is 7.66. The highest BCUT2D eigenvalue weighted by Gasteiger charge is 2.18. The van der Waals surface area contributed by atoms with Crippen molar-refractivity contribution in [1.82, 2.24) is 20.4 Å². The number of rotatable bonds is 6. The van der Waals surface area contributed by atoms with Crippen LogP contribution in [0.2, 0.25) is 0 Å². The molecule has 0 aliphatic carbocycles. The number of nitrogens with zero attached hydrogens (tertiary/aromatic N) is 2. The van der Waals surface area contributed by atoms with Gasteiger partial charge in [0.2, 0.25) is 0 Å². The number of hydrogen-bond acceptors (Lipinski definition) is 4. The Kier molecular flexibility index (Phi) is 8.54. The monoisotopic (exact) mass is 430 g/mol. The lowest BCUT2D eigenvalue weighted by Crippen LogP contribution is -2.38. The number of carbonyl (C=O) groups excluding carboxylic acids is 2. The Morgan fingerprint density at radius 3 is 1.84 bits per heavy atom. The Bertz CT molecular complexity index is 740. The van der Waals surface area contributed by atoms with E-state index in [1.807, 2.05) is 19.1 Å². The molecule has 0 saturated carbocycles. The average molecular weight is 431 g/mol. The van der Waals surface area contributed by atoms with Crippen molar-refractivity contribution >= 4 is 23.4 Å². The molecule has 0 spiro atoms. The van der Waals surface area contributed by atoms with Gasteiger partial charge in [0.1, 0.15) is 0 Å². The molecule has 2 aliphatic rings. The van der Waals surface area contributed by atoms with Gasteiger partial charge in [0.25, 0.3) is 0 Å². The molecule has 0 radical (unpaired) electrons. The fourth-order valence-corrected chi connectivity index (χ4v) is 4.18.